The second-order valence-electron chi connectivity index (χ2n) is 4.84. The number of aromatic carboxylic acids is 1. The highest BCUT2D eigenvalue weighted by Gasteiger charge is 2.11. The topological polar surface area (TPSA) is 101 Å². The van der Waals surface area contributed by atoms with E-state index in [2.05, 4.69) is 9.71 Å². The monoisotopic (exact) mass is 311 g/mol. The van der Waals surface area contributed by atoms with Crippen LogP contribution in [0.4, 0.5) is 0 Å². The number of imidazole rings is 1. The minimum Gasteiger partial charge on any atom is -0.478 e. The smallest absolute Gasteiger partial charge is 0.335 e. The van der Waals surface area contributed by atoms with Gasteiger partial charge in [-0.25, -0.2) is 22.9 Å². The average molecular weight is 311 g/mol. The zero-order chi connectivity index (χ0) is 15.6. The molecule has 21 heavy (non-hydrogen) atoms. The highest BCUT2D eigenvalue weighted by molar-refractivity contribution is 7.88. The summed E-state index contributed by atoms with van der Waals surface area (Å²) < 4.78 is 26.3. The van der Waals surface area contributed by atoms with E-state index < -0.39 is 16.0 Å². The molecule has 1 aromatic heterocycles. The summed E-state index contributed by atoms with van der Waals surface area (Å²) >= 11 is 0. The molecule has 0 fully saturated rings. The van der Waals surface area contributed by atoms with Gasteiger partial charge in [0, 0.05) is 13.1 Å². The van der Waals surface area contributed by atoms with Crippen molar-refractivity contribution in [3.63, 3.8) is 0 Å². The zero-order valence-corrected chi connectivity index (χ0v) is 12.6. The van der Waals surface area contributed by atoms with Gasteiger partial charge >= 0.3 is 5.97 Å². The van der Waals surface area contributed by atoms with Gasteiger partial charge in [-0.2, -0.15) is 0 Å². The Kier molecular flexibility index (Phi) is 4.29. The Labute approximate surface area is 122 Å². The summed E-state index contributed by atoms with van der Waals surface area (Å²) in [6.07, 6.45) is 1.71. The molecule has 1 aromatic carbocycles. The van der Waals surface area contributed by atoms with Gasteiger partial charge in [0.05, 0.1) is 22.9 Å². The molecule has 0 unspecified atom stereocenters. The van der Waals surface area contributed by atoms with Crippen LogP contribution in [-0.2, 0) is 16.6 Å². The number of benzene rings is 1. The standard InChI is InChI=1S/C13H17N3O4S/c1-9-15-11-5-4-10(13(17)18)8-12(11)16(9)7-3-6-14-21(2,19)20/h4-5,8,14H,3,6-7H2,1-2H3,(H,17,18). The van der Waals surface area contributed by atoms with Crippen molar-refractivity contribution >= 4 is 27.0 Å². The number of sulfonamides is 1. The quantitative estimate of drug-likeness (QED) is 0.774. The van der Waals surface area contributed by atoms with Crippen molar-refractivity contribution in [2.75, 3.05) is 12.8 Å². The molecule has 1 heterocycles. The predicted octanol–water partition coefficient (Wildman–Crippen LogP) is 0.982. The molecule has 0 aliphatic heterocycles. The molecule has 7 nitrogen and oxygen atoms in total. The number of hydrogen-bond donors (Lipinski definition) is 2. The van der Waals surface area contributed by atoms with Crippen molar-refractivity contribution in [2.45, 2.75) is 19.9 Å². The van der Waals surface area contributed by atoms with Crippen LogP contribution in [0, 0.1) is 6.92 Å². The zero-order valence-electron chi connectivity index (χ0n) is 11.8. The maximum Gasteiger partial charge on any atom is 0.335 e. The molecule has 0 aliphatic rings. The van der Waals surface area contributed by atoms with Gasteiger partial charge in [-0.3, -0.25) is 0 Å². The summed E-state index contributed by atoms with van der Waals surface area (Å²) in [4.78, 5) is 15.4. The van der Waals surface area contributed by atoms with E-state index in [0.717, 1.165) is 23.1 Å². The van der Waals surface area contributed by atoms with E-state index in [9.17, 15) is 13.2 Å². The normalized spacial score (nSPS) is 11.9. The van der Waals surface area contributed by atoms with E-state index in [4.69, 9.17) is 5.11 Å². The number of hydrogen-bond acceptors (Lipinski definition) is 4. The first kappa shape index (κ1) is 15.5. The minimum absolute atomic E-state index is 0.206. The van der Waals surface area contributed by atoms with Crippen LogP contribution in [-0.4, -0.2) is 41.8 Å². The van der Waals surface area contributed by atoms with Gasteiger partial charge in [0.1, 0.15) is 5.82 Å². The maximum atomic E-state index is 11.0. The Hall–Kier alpha value is -1.93. The number of aromatic nitrogens is 2. The number of fused-ring (bicyclic) bond motifs is 1. The second kappa shape index (κ2) is 5.82. The van der Waals surface area contributed by atoms with Crippen molar-refractivity contribution in [1.29, 1.82) is 0 Å². The number of carboxylic acids is 1. The van der Waals surface area contributed by atoms with E-state index in [1.807, 2.05) is 11.5 Å². The van der Waals surface area contributed by atoms with Gasteiger partial charge in [-0.1, -0.05) is 0 Å². The van der Waals surface area contributed by atoms with Crippen LogP contribution in [0.5, 0.6) is 0 Å². The Morgan fingerprint density at radius 2 is 2.14 bits per heavy atom. The first-order valence-corrected chi connectivity index (χ1v) is 8.32. The van der Waals surface area contributed by atoms with Crippen molar-refractivity contribution in [2.24, 2.45) is 0 Å². The lowest BCUT2D eigenvalue weighted by Crippen LogP contribution is -2.24. The third kappa shape index (κ3) is 3.79. The molecule has 2 N–H and O–H groups in total. The van der Waals surface area contributed by atoms with Gasteiger partial charge in [0.25, 0.3) is 0 Å². The summed E-state index contributed by atoms with van der Waals surface area (Å²) in [7, 11) is -3.19. The van der Waals surface area contributed by atoms with E-state index in [0.29, 0.717) is 19.5 Å². The lowest BCUT2D eigenvalue weighted by Gasteiger charge is -2.07. The van der Waals surface area contributed by atoms with Crippen LogP contribution in [0.3, 0.4) is 0 Å². The fourth-order valence-corrected chi connectivity index (χ4v) is 2.67. The molecule has 2 rings (SSSR count). The minimum atomic E-state index is -3.19. The molecule has 0 spiro atoms. The van der Waals surface area contributed by atoms with E-state index in [1.165, 1.54) is 6.07 Å². The number of carboxylic acid groups (broad SMARTS) is 1. The molecule has 2 aromatic rings. The molecular weight excluding hydrogens is 294 g/mol. The van der Waals surface area contributed by atoms with Gasteiger partial charge in [-0.05, 0) is 31.5 Å². The van der Waals surface area contributed by atoms with E-state index in [-0.39, 0.29) is 5.56 Å². The molecule has 0 aliphatic carbocycles. The first-order valence-electron chi connectivity index (χ1n) is 6.43. The fourth-order valence-electron chi connectivity index (χ4n) is 2.15. The Bertz CT molecular complexity index is 780. The molecule has 0 bridgehead atoms. The van der Waals surface area contributed by atoms with Crippen molar-refractivity contribution in [3.05, 3.63) is 29.6 Å². The third-order valence-corrected chi connectivity index (χ3v) is 3.84. The average Bonchev–Trinajstić information content (AvgIpc) is 2.68. The summed E-state index contributed by atoms with van der Waals surface area (Å²) in [5.41, 5.74) is 1.68. The van der Waals surface area contributed by atoms with Gasteiger partial charge in [0.15, 0.2) is 0 Å². The molecule has 114 valence electrons. The molecule has 8 heteroatoms. The lowest BCUT2D eigenvalue weighted by molar-refractivity contribution is 0.0697. The van der Waals surface area contributed by atoms with E-state index in [1.54, 1.807) is 12.1 Å². The Balaban J connectivity index is 2.20. The van der Waals surface area contributed by atoms with Crippen LogP contribution in [0.25, 0.3) is 11.0 Å². The molecule has 0 saturated heterocycles. The van der Waals surface area contributed by atoms with Crippen molar-refractivity contribution in [3.8, 4) is 0 Å². The highest BCUT2D eigenvalue weighted by Crippen LogP contribution is 2.18. The van der Waals surface area contributed by atoms with Gasteiger partial charge in [0.2, 0.25) is 10.0 Å². The second-order valence-corrected chi connectivity index (χ2v) is 6.67. The van der Waals surface area contributed by atoms with Crippen LogP contribution in [0.15, 0.2) is 18.2 Å². The summed E-state index contributed by atoms with van der Waals surface area (Å²) in [5, 5.41) is 9.04. The van der Waals surface area contributed by atoms with Crippen LogP contribution in [0.2, 0.25) is 0 Å². The SMILES string of the molecule is Cc1nc2ccc(C(=O)O)cc2n1CCCNS(C)(=O)=O. The predicted molar refractivity (Wildman–Crippen MR) is 78.9 cm³/mol. The summed E-state index contributed by atoms with van der Waals surface area (Å²) in [6.45, 7) is 2.73. The highest BCUT2D eigenvalue weighted by atomic mass is 32.2. The number of nitrogens with one attached hydrogen (secondary N) is 1. The number of nitrogens with zero attached hydrogens (tertiary/aromatic N) is 2. The van der Waals surface area contributed by atoms with Crippen LogP contribution < -0.4 is 4.72 Å². The molecule has 0 amide bonds. The molecule has 0 atom stereocenters. The first-order chi connectivity index (χ1) is 9.78. The Morgan fingerprint density at radius 3 is 2.76 bits per heavy atom. The van der Waals surface area contributed by atoms with Crippen LogP contribution >= 0.6 is 0 Å². The van der Waals surface area contributed by atoms with Crippen molar-refractivity contribution < 1.29 is 18.3 Å². The van der Waals surface area contributed by atoms with Gasteiger partial charge < -0.3 is 9.67 Å². The number of aryl methyl sites for hydroxylation is 2. The molecule has 0 radical (unpaired) electrons. The lowest BCUT2D eigenvalue weighted by atomic mass is 10.2. The molecular formula is C13H17N3O4S. The van der Waals surface area contributed by atoms with Crippen molar-refractivity contribution in [1.82, 2.24) is 14.3 Å². The van der Waals surface area contributed by atoms with Gasteiger partial charge in [-0.15, -0.1) is 0 Å². The third-order valence-electron chi connectivity index (χ3n) is 3.11. The molecule has 0 saturated carbocycles. The number of carbonyl (C=O) groups is 1. The number of rotatable bonds is 6. The maximum absolute atomic E-state index is 11.0. The van der Waals surface area contributed by atoms with Crippen LogP contribution in [0.1, 0.15) is 22.6 Å². The Morgan fingerprint density at radius 1 is 1.43 bits per heavy atom. The van der Waals surface area contributed by atoms with E-state index >= 15 is 0 Å². The largest absolute Gasteiger partial charge is 0.478 e. The fraction of sp³-hybridized carbons (Fsp3) is 0.385. The summed E-state index contributed by atoms with van der Waals surface area (Å²) in [5.74, 6) is -0.215. The summed E-state index contributed by atoms with van der Waals surface area (Å²) in [6, 6.07) is 4.78.